The van der Waals surface area contributed by atoms with Crippen LogP contribution in [0, 0.1) is 0 Å². The van der Waals surface area contributed by atoms with Gasteiger partial charge in [-0.25, -0.2) is 0 Å². The summed E-state index contributed by atoms with van der Waals surface area (Å²) in [6, 6.07) is 0. The number of carboxylic acid groups (broad SMARTS) is 1. The Morgan fingerprint density at radius 1 is 0.500 bits per heavy atom. The third kappa shape index (κ3) is 26.6. The van der Waals surface area contributed by atoms with Gasteiger partial charge in [-0.3, -0.25) is 24.1 Å². The van der Waals surface area contributed by atoms with Crippen molar-refractivity contribution in [3.63, 3.8) is 0 Å². The Hall–Kier alpha value is -2.58. The van der Waals surface area contributed by atoms with Crippen molar-refractivity contribution in [2.45, 2.75) is 6.42 Å². The van der Waals surface area contributed by atoms with E-state index in [1.54, 1.807) is 0 Å². The standard InChI is InChI=1S/C29H50N2O15/c32-26(25-31-27(33)1-2-28(31)34)30-4-6-38-8-10-40-12-14-42-16-18-44-20-22-46-24-23-45-21-19-43-17-15-41-13-11-39-9-7-37-5-3-29(35)36/h1-2H,3-25H2,(H,30,32)(H,35,36). The molecule has 0 saturated carbocycles. The molecule has 0 atom stereocenters. The number of nitrogens with one attached hydrogen (secondary N) is 1. The molecule has 1 heterocycles. The maximum atomic E-state index is 11.7. The molecule has 0 bridgehead atoms. The monoisotopic (exact) mass is 666 g/mol. The van der Waals surface area contributed by atoms with E-state index < -0.39 is 23.7 Å². The van der Waals surface area contributed by atoms with Gasteiger partial charge in [0.15, 0.2) is 0 Å². The van der Waals surface area contributed by atoms with Gasteiger partial charge in [0.2, 0.25) is 5.91 Å². The number of hydrogen-bond acceptors (Lipinski definition) is 14. The lowest BCUT2D eigenvalue weighted by molar-refractivity contribution is -0.141. The average molecular weight is 667 g/mol. The Morgan fingerprint density at radius 3 is 1.09 bits per heavy atom. The Kier molecular flexibility index (Phi) is 28.0. The molecule has 0 aromatic heterocycles. The summed E-state index contributed by atoms with van der Waals surface area (Å²) >= 11 is 0. The molecule has 1 aliphatic rings. The van der Waals surface area contributed by atoms with Gasteiger partial charge in [-0.2, -0.15) is 0 Å². The van der Waals surface area contributed by atoms with E-state index in [4.69, 9.17) is 52.5 Å². The molecular weight excluding hydrogens is 616 g/mol. The second kappa shape index (κ2) is 31.0. The van der Waals surface area contributed by atoms with Crippen molar-refractivity contribution < 1.29 is 71.7 Å². The maximum absolute atomic E-state index is 11.7. The van der Waals surface area contributed by atoms with Crippen molar-refractivity contribution in [2.75, 3.05) is 145 Å². The number of ether oxygens (including phenoxy) is 10. The summed E-state index contributed by atoms with van der Waals surface area (Å²) in [5.41, 5.74) is 0. The number of hydrogen-bond donors (Lipinski definition) is 2. The van der Waals surface area contributed by atoms with E-state index in [0.717, 1.165) is 17.1 Å². The molecule has 0 aromatic rings. The van der Waals surface area contributed by atoms with Crippen molar-refractivity contribution in [1.82, 2.24) is 10.2 Å². The zero-order valence-corrected chi connectivity index (χ0v) is 26.5. The highest BCUT2D eigenvalue weighted by Crippen LogP contribution is 2.02. The van der Waals surface area contributed by atoms with Crippen LogP contribution in [0.15, 0.2) is 12.2 Å². The summed E-state index contributed by atoms with van der Waals surface area (Å²) < 4.78 is 53.7. The minimum Gasteiger partial charge on any atom is -0.481 e. The molecule has 0 fully saturated rings. The van der Waals surface area contributed by atoms with Crippen LogP contribution in [-0.2, 0) is 66.5 Å². The second-order valence-corrected chi connectivity index (χ2v) is 9.21. The first-order valence-corrected chi connectivity index (χ1v) is 15.3. The third-order valence-corrected chi connectivity index (χ3v) is 5.58. The normalized spacial score (nSPS) is 12.8. The van der Waals surface area contributed by atoms with Crippen LogP contribution in [0.2, 0.25) is 0 Å². The molecule has 1 rings (SSSR count). The van der Waals surface area contributed by atoms with E-state index >= 15 is 0 Å². The van der Waals surface area contributed by atoms with Gasteiger partial charge in [0.1, 0.15) is 6.54 Å². The largest absolute Gasteiger partial charge is 0.481 e. The molecule has 0 aliphatic carbocycles. The summed E-state index contributed by atoms with van der Waals surface area (Å²) in [6.07, 6.45) is 2.25. The van der Waals surface area contributed by atoms with Crippen LogP contribution >= 0.6 is 0 Å². The minimum absolute atomic E-state index is 0.0117. The molecule has 0 saturated heterocycles. The SMILES string of the molecule is O=C(O)CCOCCOCCOCCOCCOCCOCCOCCOCCOCCOCCNC(=O)CN1C(=O)C=CC1=O. The number of nitrogens with zero attached hydrogens (tertiary/aromatic N) is 1. The van der Waals surface area contributed by atoms with Gasteiger partial charge in [0.05, 0.1) is 139 Å². The van der Waals surface area contributed by atoms with Crippen LogP contribution in [0.4, 0.5) is 0 Å². The predicted octanol–water partition coefficient (Wildman–Crippen LogP) is -1.33. The van der Waals surface area contributed by atoms with Crippen LogP contribution in [0.1, 0.15) is 6.42 Å². The fourth-order valence-corrected chi connectivity index (χ4v) is 3.29. The van der Waals surface area contributed by atoms with Gasteiger partial charge in [-0.15, -0.1) is 0 Å². The number of rotatable bonds is 35. The zero-order chi connectivity index (χ0) is 33.3. The molecule has 17 nitrogen and oxygen atoms in total. The first kappa shape index (κ1) is 41.4. The molecule has 17 heteroatoms. The second-order valence-electron chi connectivity index (χ2n) is 9.21. The molecule has 0 radical (unpaired) electrons. The molecule has 3 amide bonds. The summed E-state index contributed by atoms with van der Waals surface area (Å²) in [5.74, 6) is -2.30. The highest BCUT2D eigenvalue weighted by molar-refractivity contribution is 6.14. The molecule has 266 valence electrons. The van der Waals surface area contributed by atoms with Crippen LogP contribution in [0.25, 0.3) is 0 Å². The number of imide groups is 1. The molecule has 46 heavy (non-hydrogen) atoms. The topological polar surface area (TPSA) is 196 Å². The Balaban J connectivity index is 1.65. The summed E-state index contributed by atoms with van der Waals surface area (Å²) in [7, 11) is 0. The molecule has 2 N–H and O–H groups in total. The highest BCUT2D eigenvalue weighted by Gasteiger charge is 2.25. The summed E-state index contributed by atoms with van der Waals surface area (Å²) in [6.45, 7) is 8.21. The molecule has 1 aliphatic heterocycles. The van der Waals surface area contributed by atoms with Crippen molar-refractivity contribution in [3.05, 3.63) is 12.2 Å². The summed E-state index contributed by atoms with van der Waals surface area (Å²) in [5, 5.41) is 11.1. The quantitative estimate of drug-likeness (QED) is 0.0596. The van der Waals surface area contributed by atoms with Crippen molar-refractivity contribution >= 4 is 23.7 Å². The fraction of sp³-hybridized carbons (Fsp3) is 0.793. The van der Waals surface area contributed by atoms with E-state index in [1.807, 2.05) is 0 Å². The van der Waals surface area contributed by atoms with E-state index in [0.29, 0.717) is 119 Å². The molecule has 0 unspecified atom stereocenters. The predicted molar refractivity (Wildman–Crippen MR) is 159 cm³/mol. The van der Waals surface area contributed by atoms with Crippen LogP contribution in [0.3, 0.4) is 0 Å². The third-order valence-electron chi connectivity index (χ3n) is 5.58. The Bertz CT molecular complexity index is 812. The van der Waals surface area contributed by atoms with Crippen molar-refractivity contribution in [2.24, 2.45) is 0 Å². The van der Waals surface area contributed by atoms with E-state index in [1.165, 1.54) is 0 Å². The number of carboxylic acids is 1. The maximum Gasteiger partial charge on any atom is 0.305 e. The van der Waals surface area contributed by atoms with E-state index in [9.17, 15) is 19.2 Å². The van der Waals surface area contributed by atoms with Gasteiger partial charge in [0.25, 0.3) is 11.8 Å². The molecule has 0 aromatic carbocycles. The number of amides is 3. The number of aliphatic carboxylic acids is 1. The van der Waals surface area contributed by atoms with Gasteiger partial charge in [-0.1, -0.05) is 0 Å². The molecular formula is C29H50N2O15. The van der Waals surface area contributed by atoms with Gasteiger partial charge >= 0.3 is 5.97 Å². The minimum atomic E-state index is -0.883. The lowest BCUT2D eigenvalue weighted by atomic mass is 10.4. The number of carbonyl (C=O) groups is 4. The highest BCUT2D eigenvalue weighted by atomic mass is 16.6. The Labute approximate surface area is 269 Å². The van der Waals surface area contributed by atoms with Crippen molar-refractivity contribution in [3.8, 4) is 0 Å². The first-order chi connectivity index (χ1) is 22.5. The fourth-order valence-electron chi connectivity index (χ4n) is 3.29. The average Bonchev–Trinajstić information content (AvgIpc) is 3.35. The van der Waals surface area contributed by atoms with Crippen LogP contribution in [-0.4, -0.2) is 179 Å². The van der Waals surface area contributed by atoms with E-state index in [-0.39, 0.29) is 32.7 Å². The summed E-state index contributed by atoms with van der Waals surface area (Å²) in [4.78, 5) is 45.8. The first-order valence-electron chi connectivity index (χ1n) is 15.3. The zero-order valence-electron chi connectivity index (χ0n) is 26.5. The van der Waals surface area contributed by atoms with Gasteiger partial charge in [-0.05, 0) is 0 Å². The number of carbonyl (C=O) groups excluding carboxylic acids is 3. The van der Waals surface area contributed by atoms with Gasteiger partial charge in [0, 0.05) is 18.7 Å². The lowest BCUT2D eigenvalue weighted by Crippen LogP contribution is -2.41. The van der Waals surface area contributed by atoms with Crippen LogP contribution in [0.5, 0.6) is 0 Å². The lowest BCUT2D eigenvalue weighted by Gasteiger charge is -2.13. The smallest absolute Gasteiger partial charge is 0.305 e. The van der Waals surface area contributed by atoms with E-state index in [2.05, 4.69) is 5.32 Å². The van der Waals surface area contributed by atoms with Gasteiger partial charge < -0.3 is 57.8 Å². The van der Waals surface area contributed by atoms with Crippen molar-refractivity contribution in [1.29, 1.82) is 0 Å². The van der Waals surface area contributed by atoms with Crippen LogP contribution < -0.4 is 5.32 Å². The Morgan fingerprint density at radius 2 is 0.783 bits per heavy atom. The molecule has 0 spiro atoms.